The first-order valence-corrected chi connectivity index (χ1v) is 3.93. The first-order valence-electron chi connectivity index (χ1n) is 3.93. The molecular formula is C6H6BF2LiO4. The van der Waals surface area contributed by atoms with E-state index in [0.717, 1.165) is 0 Å². The summed E-state index contributed by atoms with van der Waals surface area (Å²) in [5.41, 5.74) is -1.41. The van der Waals surface area contributed by atoms with E-state index in [9.17, 15) is 18.2 Å². The van der Waals surface area contributed by atoms with Crippen molar-refractivity contribution in [2.24, 2.45) is 5.41 Å². The number of halogens is 2. The summed E-state index contributed by atoms with van der Waals surface area (Å²) in [6, 6.07) is 0. The molecule has 0 aromatic heterocycles. The third-order valence-corrected chi connectivity index (χ3v) is 2.48. The van der Waals surface area contributed by atoms with Gasteiger partial charge in [-0.25, -0.2) is 0 Å². The first kappa shape index (κ1) is 11.5. The van der Waals surface area contributed by atoms with Crippen LogP contribution in [-0.4, -0.2) is 19.0 Å². The maximum absolute atomic E-state index is 12.4. The minimum Gasteiger partial charge on any atom is -0.600 e. The van der Waals surface area contributed by atoms with Gasteiger partial charge in [0.1, 0.15) is 0 Å². The van der Waals surface area contributed by atoms with Crippen molar-refractivity contribution in [3.63, 3.8) is 0 Å². The second kappa shape index (κ2) is 3.25. The van der Waals surface area contributed by atoms with Gasteiger partial charge < -0.3 is 17.9 Å². The number of rotatable bonds is 0. The van der Waals surface area contributed by atoms with Crippen molar-refractivity contribution >= 4 is 19.0 Å². The van der Waals surface area contributed by atoms with Gasteiger partial charge in [0.15, 0.2) is 5.41 Å². The van der Waals surface area contributed by atoms with Gasteiger partial charge >= 0.3 is 26.0 Å². The van der Waals surface area contributed by atoms with Crippen LogP contribution in [0, 0.1) is 5.41 Å². The fourth-order valence-corrected chi connectivity index (χ4v) is 1.52. The van der Waals surface area contributed by atoms with Crippen LogP contribution in [0.15, 0.2) is 0 Å². The fraction of sp³-hybridized carbons (Fsp3) is 0.667. The number of hydrogen-bond acceptors (Lipinski definition) is 4. The molecule has 2 fully saturated rings. The molecule has 0 bridgehead atoms. The molecule has 1 saturated carbocycles. The Labute approximate surface area is 90.6 Å². The zero-order valence-electron chi connectivity index (χ0n) is 7.59. The maximum Gasteiger partial charge on any atom is 1.00 e. The van der Waals surface area contributed by atoms with Gasteiger partial charge in [-0.2, -0.15) is 0 Å². The second-order valence-electron chi connectivity index (χ2n) is 3.28. The topological polar surface area (TPSA) is 52.6 Å². The van der Waals surface area contributed by atoms with E-state index in [-0.39, 0.29) is 31.7 Å². The Balaban J connectivity index is 0.000000980. The zero-order chi connectivity index (χ0) is 9.69. The molecule has 0 N–H and O–H groups in total. The minimum atomic E-state index is -4.72. The van der Waals surface area contributed by atoms with Crippen molar-refractivity contribution in [1.82, 2.24) is 0 Å². The van der Waals surface area contributed by atoms with Crippen molar-refractivity contribution in [2.75, 3.05) is 0 Å². The number of hydrogen-bond donors (Lipinski definition) is 0. The van der Waals surface area contributed by atoms with Gasteiger partial charge in [0.2, 0.25) is 0 Å². The molecule has 1 aliphatic heterocycles. The normalized spacial score (nSPS) is 27.0. The molecule has 0 amide bonds. The smallest absolute Gasteiger partial charge is 0.600 e. The molecule has 1 spiro atoms. The summed E-state index contributed by atoms with van der Waals surface area (Å²) in [6.45, 7) is 0. The molecule has 2 rings (SSSR count). The summed E-state index contributed by atoms with van der Waals surface area (Å²) >= 11 is 0. The fourth-order valence-electron chi connectivity index (χ4n) is 1.52. The molecule has 72 valence electrons. The molecule has 14 heavy (non-hydrogen) atoms. The van der Waals surface area contributed by atoms with Crippen LogP contribution < -0.4 is 18.9 Å². The Morgan fingerprint density at radius 1 is 1.14 bits per heavy atom. The van der Waals surface area contributed by atoms with Gasteiger partial charge in [-0.15, -0.1) is 0 Å². The van der Waals surface area contributed by atoms with Crippen LogP contribution in [0.5, 0.6) is 0 Å². The predicted molar refractivity (Wildman–Crippen MR) is 36.4 cm³/mol. The largest absolute Gasteiger partial charge is 1.00 e. The van der Waals surface area contributed by atoms with E-state index < -0.39 is 24.5 Å². The van der Waals surface area contributed by atoms with E-state index in [2.05, 4.69) is 9.31 Å². The SMILES string of the molecule is O=C1O[B-](F)(F)OC(=O)C12CCC2.[Li+]. The Hall–Kier alpha value is -0.538. The van der Waals surface area contributed by atoms with Gasteiger partial charge in [-0.3, -0.25) is 9.59 Å². The second-order valence-corrected chi connectivity index (χ2v) is 3.28. The van der Waals surface area contributed by atoms with Gasteiger partial charge in [0.05, 0.1) is 0 Å². The maximum atomic E-state index is 12.4. The summed E-state index contributed by atoms with van der Waals surface area (Å²) < 4.78 is 32.3. The molecule has 0 unspecified atom stereocenters. The molecule has 8 heteroatoms. The van der Waals surface area contributed by atoms with Crippen LogP contribution in [0.4, 0.5) is 8.63 Å². The van der Waals surface area contributed by atoms with E-state index in [4.69, 9.17) is 0 Å². The van der Waals surface area contributed by atoms with Crippen molar-refractivity contribution in [1.29, 1.82) is 0 Å². The quantitative estimate of drug-likeness (QED) is 0.322. The van der Waals surface area contributed by atoms with Crippen LogP contribution in [0.2, 0.25) is 0 Å². The van der Waals surface area contributed by atoms with Crippen molar-refractivity contribution in [2.45, 2.75) is 19.3 Å². The number of carbonyl (C=O) groups excluding carboxylic acids is 2. The number of carbonyl (C=O) groups is 2. The van der Waals surface area contributed by atoms with Crippen molar-refractivity contribution < 1.29 is 46.4 Å². The Morgan fingerprint density at radius 2 is 1.57 bits per heavy atom. The van der Waals surface area contributed by atoms with Crippen LogP contribution in [-0.2, 0) is 18.9 Å². The summed E-state index contributed by atoms with van der Waals surface area (Å²) in [6.07, 6.45) is 1.15. The first-order chi connectivity index (χ1) is 5.96. The molecule has 4 nitrogen and oxygen atoms in total. The molecule has 1 aliphatic carbocycles. The molecule has 1 saturated heterocycles. The zero-order valence-corrected chi connectivity index (χ0v) is 7.59. The molecule has 0 radical (unpaired) electrons. The van der Waals surface area contributed by atoms with Gasteiger partial charge in [-0.05, 0) is 19.3 Å². The summed E-state index contributed by atoms with van der Waals surface area (Å²) in [5, 5.41) is 0. The average Bonchev–Trinajstić information content (AvgIpc) is 1.77. The summed E-state index contributed by atoms with van der Waals surface area (Å²) in [7, 11) is -4.72. The molecule has 0 atom stereocenters. The standard InChI is InChI=1S/C6H6BF2O4.Li/c8-7(9)12-4(10)6(2-1-3-6)5(11)13-7;/h1-3H2;/q-1;+1. The third kappa shape index (κ3) is 1.45. The molecule has 0 aromatic rings. The Morgan fingerprint density at radius 3 is 1.86 bits per heavy atom. The average molecular weight is 198 g/mol. The predicted octanol–water partition coefficient (Wildman–Crippen LogP) is -2.36. The van der Waals surface area contributed by atoms with E-state index in [0.29, 0.717) is 6.42 Å². The summed E-state index contributed by atoms with van der Waals surface area (Å²) in [4.78, 5) is 22.1. The minimum absolute atomic E-state index is 0. The Kier molecular flexibility index (Phi) is 2.67. The van der Waals surface area contributed by atoms with Crippen molar-refractivity contribution in [3.05, 3.63) is 0 Å². The van der Waals surface area contributed by atoms with E-state index in [1.807, 2.05) is 0 Å². The van der Waals surface area contributed by atoms with Crippen LogP contribution in [0.3, 0.4) is 0 Å². The van der Waals surface area contributed by atoms with Crippen LogP contribution in [0.25, 0.3) is 0 Å². The summed E-state index contributed by atoms with van der Waals surface area (Å²) in [5.74, 6) is -2.28. The van der Waals surface area contributed by atoms with Gasteiger partial charge in [0, 0.05) is 0 Å². The molecule has 1 heterocycles. The monoisotopic (exact) mass is 198 g/mol. The van der Waals surface area contributed by atoms with E-state index >= 15 is 0 Å². The van der Waals surface area contributed by atoms with Gasteiger partial charge in [0.25, 0.3) is 11.9 Å². The van der Waals surface area contributed by atoms with E-state index in [1.165, 1.54) is 0 Å². The van der Waals surface area contributed by atoms with Crippen LogP contribution >= 0.6 is 0 Å². The van der Waals surface area contributed by atoms with Crippen LogP contribution in [0.1, 0.15) is 19.3 Å². The Bertz CT molecular complexity index is 270. The van der Waals surface area contributed by atoms with Crippen molar-refractivity contribution in [3.8, 4) is 0 Å². The molecular weight excluding hydrogens is 192 g/mol. The molecule has 2 aliphatic rings. The van der Waals surface area contributed by atoms with Gasteiger partial charge in [-0.1, -0.05) is 0 Å². The van der Waals surface area contributed by atoms with E-state index in [1.54, 1.807) is 0 Å². The third-order valence-electron chi connectivity index (χ3n) is 2.48. The molecule has 0 aromatic carbocycles.